The van der Waals surface area contributed by atoms with Crippen LogP contribution in [0.25, 0.3) is 0 Å². The molecule has 1 aromatic carbocycles. The molecule has 29 heavy (non-hydrogen) atoms. The van der Waals surface area contributed by atoms with E-state index in [1.165, 1.54) is 4.90 Å². The molecule has 2 rings (SSSR count). The number of hydrogen-bond donors (Lipinski definition) is 1. The van der Waals surface area contributed by atoms with Crippen LogP contribution in [0.4, 0.5) is 0 Å². The van der Waals surface area contributed by atoms with Gasteiger partial charge in [-0.2, -0.15) is 0 Å². The Bertz CT molecular complexity index is 838. The molecule has 0 spiro atoms. The number of halogens is 2. The first-order valence-electron chi connectivity index (χ1n) is 9.62. The molecule has 2 atom stereocenters. The SMILES string of the molecule is CCOC(=O)C1=C(C)N(CC(=O)NC(C)CC)C(=O)CC1c1ccc(Cl)c(Cl)c1. The summed E-state index contributed by atoms with van der Waals surface area (Å²) in [6.45, 7) is 7.28. The molecule has 0 aromatic heterocycles. The molecule has 0 bridgehead atoms. The minimum atomic E-state index is -0.523. The van der Waals surface area contributed by atoms with E-state index in [-0.39, 0.29) is 37.4 Å². The number of rotatable bonds is 7. The fourth-order valence-corrected chi connectivity index (χ4v) is 3.56. The van der Waals surface area contributed by atoms with Crippen molar-refractivity contribution >= 4 is 41.0 Å². The third-order valence-corrected chi connectivity index (χ3v) is 5.72. The van der Waals surface area contributed by atoms with Crippen LogP contribution in [-0.2, 0) is 19.1 Å². The van der Waals surface area contributed by atoms with Crippen LogP contribution in [0.5, 0.6) is 0 Å². The Morgan fingerprint density at radius 1 is 1.28 bits per heavy atom. The van der Waals surface area contributed by atoms with Gasteiger partial charge in [0, 0.05) is 24.1 Å². The smallest absolute Gasteiger partial charge is 0.336 e. The Morgan fingerprint density at radius 3 is 2.55 bits per heavy atom. The molecule has 8 heteroatoms. The molecule has 1 N–H and O–H groups in total. The van der Waals surface area contributed by atoms with Gasteiger partial charge in [-0.1, -0.05) is 36.2 Å². The molecule has 0 saturated carbocycles. The Morgan fingerprint density at radius 2 is 1.97 bits per heavy atom. The van der Waals surface area contributed by atoms with Gasteiger partial charge >= 0.3 is 5.97 Å². The van der Waals surface area contributed by atoms with Crippen molar-refractivity contribution in [3.8, 4) is 0 Å². The normalized spacial score (nSPS) is 17.9. The van der Waals surface area contributed by atoms with Crippen LogP contribution in [0.1, 0.15) is 52.0 Å². The van der Waals surface area contributed by atoms with Crippen molar-refractivity contribution in [3.63, 3.8) is 0 Å². The second-order valence-corrected chi connectivity index (χ2v) is 7.82. The fourth-order valence-electron chi connectivity index (χ4n) is 3.26. The number of ether oxygens (including phenoxy) is 1. The zero-order valence-electron chi connectivity index (χ0n) is 17.1. The lowest BCUT2D eigenvalue weighted by Gasteiger charge is -2.34. The fraction of sp³-hybridized carbons (Fsp3) is 0.476. The lowest BCUT2D eigenvalue weighted by molar-refractivity contribution is -0.141. The maximum atomic E-state index is 12.9. The van der Waals surface area contributed by atoms with E-state index >= 15 is 0 Å². The highest BCUT2D eigenvalue weighted by Gasteiger charge is 2.37. The Balaban J connectivity index is 2.43. The monoisotopic (exact) mass is 440 g/mol. The van der Waals surface area contributed by atoms with Crippen molar-refractivity contribution in [1.82, 2.24) is 10.2 Å². The van der Waals surface area contributed by atoms with Gasteiger partial charge in [-0.25, -0.2) is 4.79 Å². The number of nitrogens with one attached hydrogen (secondary N) is 1. The van der Waals surface area contributed by atoms with Crippen molar-refractivity contribution in [2.24, 2.45) is 0 Å². The molecular formula is C21H26Cl2N2O4. The van der Waals surface area contributed by atoms with Gasteiger partial charge in [0.25, 0.3) is 0 Å². The van der Waals surface area contributed by atoms with Gasteiger partial charge in [0.15, 0.2) is 0 Å². The maximum Gasteiger partial charge on any atom is 0.336 e. The summed E-state index contributed by atoms with van der Waals surface area (Å²) in [6, 6.07) is 5.03. The third-order valence-electron chi connectivity index (χ3n) is 4.99. The summed E-state index contributed by atoms with van der Waals surface area (Å²) < 4.78 is 5.23. The number of carbonyl (C=O) groups is 3. The Kier molecular flexibility index (Phi) is 8.11. The van der Waals surface area contributed by atoms with E-state index in [9.17, 15) is 14.4 Å². The predicted molar refractivity (Wildman–Crippen MR) is 113 cm³/mol. The zero-order valence-corrected chi connectivity index (χ0v) is 18.6. The van der Waals surface area contributed by atoms with Crippen molar-refractivity contribution in [2.75, 3.05) is 13.2 Å². The molecule has 0 fully saturated rings. The van der Waals surface area contributed by atoms with Crippen LogP contribution >= 0.6 is 23.2 Å². The molecule has 0 saturated heterocycles. The van der Waals surface area contributed by atoms with Gasteiger partial charge in [-0.05, 0) is 44.9 Å². The molecule has 1 heterocycles. The zero-order chi connectivity index (χ0) is 21.7. The van der Waals surface area contributed by atoms with E-state index in [2.05, 4.69) is 5.32 Å². The van der Waals surface area contributed by atoms with Gasteiger partial charge in [0.1, 0.15) is 6.54 Å². The molecule has 0 radical (unpaired) electrons. The number of amides is 2. The second-order valence-electron chi connectivity index (χ2n) is 7.01. The molecule has 6 nitrogen and oxygen atoms in total. The highest BCUT2D eigenvalue weighted by molar-refractivity contribution is 6.42. The minimum Gasteiger partial charge on any atom is -0.463 e. The summed E-state index contributed by atoms with van der Waals surface area (Å²) in [4.78, 5) is 39.3. The average molecular weight is 441 g/mol. The van der Waals surface area contributed by atoms with Gasteiger partial charge in [-0.3, -0.25) is 9.59 Å². The lowest BCUT2D eigenvalue weighted by Crippen LogP contribution is -2.45. The Labute approximate surface area is 181 Å². The van der Waals surface area contributed by atoms with Crippen LogP contribution < -0.4 is 5.32 Å². The highest BCUT2D eigenvalue weighted by atomic mass is 35.5. The number of benzene rings is 1. The standard InChI is InChI=1S/C21H26Cl2N2O4/c1-5-12(3)24-18(26)11-25-13(4)20(21(28)29-6-2)15(10-19(25)27)14-7-8-16(22)17(23)9-14/h7-9,12,15H,5-6,10-11H2,1-4H3,(H,24,26). The molecular weight excluding hydrogens is 415 g/mol. The molecule has 0 aliphatic carbocycles. The molecule has 1 aliphatic heterocycles. The first-order chi connectivity index (χ1) is 13.7. The number of hydrogen-bond acceptors (Lipinski definition) is 4. The number of allylic oxidation sites excluding steroid dienone is 1. The first kappa shape index (κ1) is 23.2. The van der Waals surface area contributed by atoms with E-state index in [1.807, 2.05) is 13.8 Å². The maximum absolute atomic E-state index is 12.9. The Hall–Kier alpha value is -2.05. The van der Waals surface area contributed by atoms with Gasteiger partial charge in [-0.15, -0.1) is 0 Å². The predicted octanol–water partition coefficient (Wildman–Crippen LogP) is 4.06. The summed E-state index contributed by atoms with van der Waals surface area (Å²) in [5.41, 5.74) is 1.45. The van der Waals surface area contributed by atoms with Crippen molar-refractivity contribution < 1.29 is 19.1 Å². The largest absolute Gasteiger partial charge is 0.463 e. The first-order valence-corrected chi connectivity index (χ1v) is 10.4. The molecule has 2 unspecified atom stereocenters. The average Bonchev–Trinajstić information content (AvgIpc) is 2.66. The van der Waals surface area contributed by atoms with Gasteiger partial charge < -0.3 is 15.0 Å². The number of esters is 1. The topological polar surface area (TPSA) is 75.7 Å². The van der Waals surface area contributed by atoms with Crippen molar-refractivity contribution in [3.05, 3.63) is 45.1 Å². The summed E-state index contributed by atoms with van der Waals surface area (Å²) >= 11 is 12.1. The van der Waals surface area contributed by atoms with Crippen LogP contribution in [0.2, 0.25) is 10.0 Å². The van der Waals surface area contributed by atoms with E-state index in [4.69, 9.17) is 27.9 Å². The molecule has 2 amide bonds. The molecule has 158 valence electrons. The van der Waals surface area contributed by atoms with Crippen molar-refractivity contribution in [1.29, 1.82) is 0 Å². The van der Waals surface area contributed by atoms with Crippen LogP contribution in [-0.4, -0.2) is 41.9 Å². The highest BCUT2D eigenvalue weighted by Crippen LogP contribution is 2.38. The van der Waals surface area contributed by atoms with E-state index in [1.54, 1.807) is 32.0 Å². The summed E-state index contributed by atoms with van der Waals surface area (Å²) in [5, 5.41) is 3.57. The number of carbonyl (C=O) groups excluding carboxylic acids is 3. The van der Waals surface area contributed by atoms with Gasteiger partial charge in [0.05, 0.1) is 22.2 Å². The summed E-state index contributed by atoms with van der Waals surface area (Å²) in [6.07, 6.45) is 0.808. The molecule has 1 aliphatic rings. The van der Waals surface area contributed by atoms with Crippen molar-refractivity contribution in [2.45, 2.75) is 52.5 Å². The quantitative estimate of drug-likeness (QED) is 0.648. The molecule has 1 aromatic rings. The number of nitrogens with zero attached hydrogens (tertiary/aromatic N) is 1. The van der Waals surface area contributed by atoms with E-state index < -0.39 is 11.9 Å². The van der Waals surface area contributed by atoms with Crippen LogP contribution in [0, 0.1) is 0 Å². The lowest BCUT2D eigenvalue weighted by atomic mass is 9.83. The van der Waals surface area contributed by atoms with Gasteiger partial charge in [0.2, 0.25) is 11.8 Å². The summed E-state index contributed by atoms with van der Waals surface area (Å²) in [7, 11) is 0. The summed E-state index contributed by atoms with van der Waals surface area (Å²) in [5.74, 6) is -1.56. The van der Waals surface area contributed by atoms with E-state index in [0.717, 1.165) is 6.42 Å². The van der Waals surface area contributed by atoms with Crippen LogP contribution in [0.15, 0.2) is 29.5 Å². The van der Waals surface area contributed by atoms with E-state index in [0.29, 0.717) is 26.9 Å². The van der Waals surface area contributed by atoms with Crippen LogP contribution in [0.3, 0.4) is 0 Å². The minimum absolute atomic E-state index is 0.000151. The third kappa shape index (κ3) is 5.52. The second kappa shape index (κ2) is 10.1.